The van der Waals surface area contributed by atoms with E-state index in [4.69, 9.17) is 9.47 Å². The lowest BCUT2D eigenvalue weighted by atomic mass is 10.1. The van der Waals surface area contributed by atoms with Gasteiger partial charge in [-0.1, -0.05) is 30.0 Å². The fourth-order valence-electron chi connectivity index (χ4n) is 3.54. The Morgan fingerprint density at radius 1 is 1.21 bits per heavy atom. The molecule has 3 heterocycles. The van der Waals surface area contributed by atoms with E-state index in [-0.39, 0.29) is 18.5 Å². The molecule has 0 bridgehead atoms. The third-order valence-electron chi connectivity index (χ3n) is 4.92. The molecule has 0 saturated heterocycles. The molecule has 0 atom stereocenters. The Bertz CT molecular complexity index is 1160. The molecule has 0 aliphatic carbocycles. The Hall–Kier alpha value is -3.24. The monoisotopic (exact) mass is 389 g/mol. The van der Waals surface area contributed by atoms with E-state index >= 15 is 0 Å². The molecule has 6 nitrogen and oxygen atoms in total. The summed E-state index contributed by atoms with van der Waals surface area (Å²) in [7, 11) is 0. The molecule has 138 valence electrons. The van der Waals surface area contributed by atoms with Crippen LogP contribution in [0.1, 0.15) is 11.1 Å². The second kappa shape index (κ2) is 6.73. The number of carbonyl (C=O) groups excluding carboxylic acids is 1. The summed E-state index contributed by atoms with van der Waals surface area (Å²) in [4.78, 5) is 19.2. The van der Waals surface area contributed by atoms with E-state index in [0.29, 0.717) is 34.1 Å². The van der Waals surface area contributed by atoms with Gasteiger partial charge in [0.2, 0.25) is 12.7 Å². The first-order valence-electron chi connectivity index (χ1n) is 8.88. The van der Waals surface area contributed by atoms with Crippen LogP contribution in [0.25, 0.3) is 10.9 Å². The highest BCUT2D eigenvalue weighted by atomic mass is 32.2. The average molecular weight is 389 g/mol. The maximum atomic E-state index is 12.8. The molecule has 0 radical (unpaired) electrons. The van der Waals surface area contributed by atoms with Gasteiger partial charge in [0.15, 0.2) is 11.5 Å². The highest BCUT2D eigenvalue weighted by Gasteiger charge is 2.24. The number of rotatable bonds is 3. The van der Waals surface area contributed by atoms with Gasteiger partial charge in [-0.3, -0.25) is 4.79 Å². The van der Waals surface area contributed by atoms with Gasteiger partial charge in [-0.15, -0.1) is 0 Å². The topological polar surface area (TPSA) is 75.5 Å². The number of carbonyl (C=O) groups is 1. The Morgan fingerprint density at radius 2 is 2.04 bits per heavy atom. The SMILES string of the molecule is N#Cc1cc2cc3c(cc2nc1SCC(=O)N1CCc2ccccc21)OCO3. The van der Waals surface area contributed by atoms with Crippen LogP contribution in [0.2, 0.25) is 0 Å². The number of anilines is 1. The smallest absolute Gasteiger partial charge is 0.237 e. The van der Waals surface area contributed by atoms with Crippen LogP contribution in [-0.2, 0) is 11.2 Å². The lowest BCUT2D eigenvalue weighted by molar-refractivity contribution is -0.116. The minimum absolute atomic E-state index is 0.0198. The number of pyridine rings is 1. The van der Waals surface area contributed by atoms with Crippen LogP contribution in [0.4, 0.5) is 5.69 Å². The van der Waals surface area contributed by atoms with Crippen LogP contribution in [-0.4, -0.2) is 30.0 Å². The number of hydrogen-bond acceptors (Lipinski definition) is 6. The van der Waals surface area contributed by atoms with Gasteiger partial charge in [0, 0.05) is 23.7 Å². The predicted molar refractivity (Wildman–Crippen MR) is 106 cm³/mol. The minimum Gasteiger partial charge on any atom is -0.454 e. The van der Waals surface area contributed by atoms with E-state index in [9.17, 15) is 10.1 Å². The number of benzene rings is 2. The summed E-state index contributed by atoms with van der Waals surface area (Å²) in [6, 6.07) is 15.6. The molecule has 1 amide bonds. The van der Waals surface area contributed by atoms with E-state index in [2.05, 4.69) is 17.1 Å². The third kappa shape index (κ3) is 2.83. The van der Waals surface area contributed by atoms with Crippen molar-refractivity contribution in [1.29, 1.82) is 5.26 Å². The van der Waals surface area contributed by atoms with Crippen molar-refractivity contribution in [2.24, 2.45) is 0 Å². The summed E-state index contributed by atoms with van der Waals surface area (Å²) >= 11 is 1.29. The molecule has 3 aromatic rings. The fourth-order valence-corrected chi connectivity index (χ4v) is 4.38. The zero-order valence-corrected chi connectivity index (χ0v) is 15.7. The summed E-state index contributed by atoms with van der Waals surface area (Å²) in [6.07, 6.45) is 0.872. The molecule has 2 aliphatic rings. The molecule has 7 heteroatoms. The van der Waals surface area contributed by atoms with E-state index in [1.807, 2.05) is 29.2 Å². The van der Waals surface area contributed by atoms with Crippen molar-refractivity contribution >= 4 is 34.3 Å². The Kier molecular flexibility index (Phi) is 4.06. The summed E-state index contributed by atoms with van der Waals surface area (Å²) < 4.78 is 10.8. The van der Waals surface area contributed by atoms with E-state index < -0.39 is 0 Å². The number of aromatic nitrogens is 1. The number of fused-ring (bicyclic) bond motifs is 3. The third-order valence-corrected chi connectivity index (χ3v) is 5.89. The normalized spacial score (nSPS) is 14.2. The largest absolute Gasteiger partial charge is 0.454 e. The van der Waals surface area contributed by atoms with Gasteiger partial charge in [-0.05, 0) is 30.2 Å². The zero-order valence-electron chi connectivity index (χ0n) is 14.8. The van der Waals surface area contributed by atoms with Gasteiger partial charge in [-0.2, -0.15) is 5.26 Å². The number of nitrogens with zero attached hydrogens (tertiary/aromatic N) is 3. The van der Waals surface area contributed by atoms with Crippen LogP contribution in [0.5, 0.6) is 11.5 Å². The second-order valence-corrected chi connectivity index (χ2v) is 7.53. The van der Waals surface area contributed by atoms with Crippen molar-refractivity contribution in [2.45, 2.75) is 11.4 Å². The average Bonchev–Trinajstić information content (AvgIpc) is 3.36. The van der Waals surface area contributed by atoms with Gasteiger partial charge in [0.05, 0.1) is 16.8 Å². The molecule has 0 unspecified atom stereocenters. The number of amides is 1. The molecule has 0 N–H and O–H groups in total. The van der Waals surface area contributed by atoms with Gasteiger partial charge < -0.3 is 14.4 Å². The summed E-state index contributed by atoms with van der Waals surface area (Å²) in [6.45, 7) is 0.878. The molecule has 1 aromatic heterocycles. The highest BCUT2D eigenvalue weighted by Crippen LogP contribution is 2.37. The molecule has 0 saturated carbocycles. The number of thioether (sulfide) groups is 1. The molecule has 28 heavy (non-hydrogen) atoms. The maximum absolute atomic E-state index is 12.8. The first-order valence-corrected chi connectivity index (χ1v) is 9.87. The van der Waals surface area contributed by atoms with Crippen molar-refractivity contribution < 1.29 is 14.3 Å². The molecule has 5 rings (SSSR count). The standard InChI is InChI=1S/C21H15N3O3S/c22-10-15-7-14-8-18-19(27-12-26-18)9-16(14)23-21(15)28-11-20(25)24-6-5-13-3-1-2-4-17(13)24/h1-4,7-9H,5-6,11-12H2. The van der Waals surface area contributed by atoms with Crippen molar-refractivity contribution in [3.8, 4) is 17.6 Å². The predicted octanol–water partition coefficient (Wildman–Crippen LogP) is 3.52. The van der Waals surface area contributed by atoms with Crippen LogP contribution in [0.15, 0.2) is 47.5 Å². The fraction of sp³-hybridized carbons (Fsp3) is 0.190. The van der Waals surface area contributed by atoms with Crippen molar-refractivity contribution in [1.82, 2.24) is 4.98 Å². The quantitative estimate of drug-likeness (QED) is 0.638. The van der Waals surface area contributed by atoms with Crippen LogP contribution in [0.3, 0.4) is 0 Å². The number of hydrogen-bond donors (Lipinski definition) is 0. The van der Waals surface area contributed by atoms with E-state index in [1.54, 1.807) is 12.1 Å². The molecular weight excluding hydrogens is 374 g/mol. The Morgan fingerprint density at radius 3 is 2.89 bits per heavy atom. The number of nitriles is 1. The van der Waals surface area contributed by atoms with E-state index in [1.165, 1.54) is 17.3 Å². The lowest BCUT2D eigenvalue weighted by Crippen LogP contribution is -2.30. The summed E-state index contributed by atoms with van der Waals surface area (Å²) in [5, 5.41) is 10.9. The molecule has 2 aromatic carbocycles. The maximum Gasteiger partial charge on any atom is 0.237 e. The van der Waals surface area contributed by atoms with Crippen molar-refractivity contribution in [3.05, 3.63) is 53.6 Å². The van der Waals surface area contributed by atoms with Crippen LogP contribution < -0.4 is 14.4 Å². The van der Waals surface area contributed by atoms with E-state index in [0.717, 1.165) is 17.5 Å². The highest BCUT2D eigenvalue weighted by molar-refractivity contribution is 8.00. The minimum atomic E-state index is 0.0198. The van der Waals surface area contributed by atoms with Crippen molar-refractivity contribution in [3.63, 3.8) is 0 Å². The number of para-hydroxylation sites is 1. The lowest BCUT2D eigenvalue weighted by Gasteiger charge is -2.17. The van der Waals surface area contributed by atoms with Gasteiger partial charge in [0.1, 0.15) is 11.1 Å². The van der Waals surface area contributed by atoms with Gasteiger partial charge in [-0.25, -0.2) is 4.98 Å². The molecule has 0 spiro atoms. The van der Waals surface area contributed by atoms with Gasteiger partial charge in [0.25, 0.3) is 0 Å². The first-order chi connectivity index (χ1) is 13.7. The second-order valence-electron chi connectivity index (χ2n) is 6.56. The van der Waals surface area contributed by atoms with Crippen LogP contribution >= 0.6 is 11.8 Å². The number of ether oxygens (including phenoxy) is 2. The van der Waals surface area contributed by atoms with Crippen LogP contribution in [0, 0.1) is 11.3 Å². The van der Waals surface area contributed by atoms with Crippen molar-refractivity contribution in [2.75, 3.05) is 24.0 Å². The molecule has 2 aliphatic heterocycles. The zero-order chi connectivity index (χ0) is 19.1. The van der Waals surface area contributed by atoms with Gasteiger partial charge >= 0.3 is 0 Å². The Labute approximate surface area is 165 Å². The summed E-state index contributed by atoms with van der Waals surface area (Å²) in [5.41, 5.74) is 3.34. The first kappa shape index (κ1) is 16.9. The molecular formula is C21H15N3O3S. The molecule has 0 fully saturated rings. The Balaban J connectivity index is 1.40. The summed E-state index contributed by atoms with van der Waals surface area (Å²) in [5.74, 6) is 1.55.